The molecule has 232 valence electrons. The van der Waals surface area contributed by atoms with Gasteiger partial charge in [-0.3, -0.25) is 0 Å². The second-order valence-corrected chi connectivity index (χ2v) is 13.7. The summed E-state index contributed by atoms with van der Waals surface area (Å²) in [6, 6.07) is 8.36. The molecule has 0 spiro atoms. The molecule has 2 aromatic rings. The minimum absolute atomic E-state index is 0. The Labute approximate surface area is 305 Å². The molecule has 0 aliphatic carbocycles. The van der Waals surface area contributed by atoms with Crippen LogP contribution in [0.4, 0.5) is 0 Å². The Morgan fingerprint density at radius 1 is 0.535 bits per heavy atom. The van der Waals surface area contributed by atoms with Gasteiger partial charge in [0.2, 0.25) is 0 Å². The first-order valence-corrected chi connectivity index (χ1v) is 18.2. The Kier molecular flexibility index (Phi) is 23.4. The molecular formula is C32H48Na2O7S2. The molecule has 2 aromatic carbocycles. The molecule has 0 aliphatic heterocycles. The zero-order valence-electron chi connectivity index (χ0n) is 26.9. The van der Waals surface area contributed by atoms with Crippen molar-refractivity contribution in [3.8, 4) is 11.5 Å². The number of ether oxygens (including phenoxy) is 1. The Morgan fingerprint density at radius 2 is 0.907 bits per heavy atom. The van der Waals surface area contributed by atoms with Crippen LogP contribution < -0.4 is 63.9 Å². The summed E-state index contributed by atoms with van der Waals surface area (Å²) in [6.07, 6.45) is 18.6. The molecule has 0 unspecified atom stereocenters. The summed E-state index contributed by atoms with van der Waals surface area (Å²) >= 11 is 0. The van der Waals surface area contributed by atoms with Crippen LogP contribution in [-0.4, -0.2) is 25.9 Å². The maximum Gasteiger partial charge on any atom is 1.00 e. The fourth-order valence-corrected chi connectivity index (χ4v) is 6.62. The van der Waals surface area contributed by atoms with Gasteiger partial charge in [0.1, 0.15) is 31.7 Å². The summed E-state index contributed by atoms with van der Waals surface area (Å²) in [7, 11) is -9.28. The molecule has 43 heavy (non-hydrogen) atoms. The van der Waals surface area contributed by atoms with Crippen LogP contribution in [0.3, 0.4) is 0 Å². The quantitative estimate of drug-likeness (QED) is 0.109. The van der Waals surface area contributed by atoms with Crippen LogP contribution >= 0.6 is 0 Å². The van der Waals surface area contributed by atoms with Crippen LogP contribution in [-0.2, 0) is 33.1 Å². The van der Waals surface area contributed by atoms with Crippen molar-refractivity contribution in [2.24, 2.45) is 0 Å². The van der Waals surface area contributed by atoms with Crippen molar-refractivity contribution in [3.63, 3.8) is 0 Å². The van der Waals surface area contributed by atoms with E-state index in [1.54, 1.807) is 12.1 Å². The Bertz CT molecular complexity index is 1210. The molecule has 0 N–H and O–H groups in total. The molecule has 0 aliphatic rings. The molecule has 0 saturated heterocycles. The van der Waals surface area contributed by atoms with Crippen LogP contribution in [0.25, 0.3) is 0 Å². The van der Waals surface area contributed by atoms with Crippen molar-refractivity contribution in [1.29, 1.82) is 0 Å². The predicted molar refractivity (Wildman–Crippen MR) is 162 cm³/mol. The normalized spacial score (nSPS) is 11.5. The van der Waals surface area contributed by atoms with E-state index in [2.05, 4.69) is 13.8 Å². The third-order valence-corrected chi connectivity index (χ3v) is 9.29. The first-order chi connectivity index (χ1) is 19.6. The van der Waals surface area contributed by atoms with Crippen molar-refractivity contribution < 1.29 is 89.8 Å². The van der Waals surface area contributed by atoms with E-state index in [0.717, 1.165) is 51.4 Å². The average molecular weight is 655 g/mol. The van der Waals surface area contributed by atoms with Crippen molar-refractivity contribution >= 4 is 20.2 Å². The van der Waals surface area contributed by atoms with Gasteiger partial charge in [0.15, 0.2) is 0 Å². The van der Waals surface area contributed by atoms with Gasteiger partial charge < -0.3 is 13.8 Å². The minimum Gasteiger partial charge on any atom is -0.744 e. The van der Waals surface area contributed by atoms with Crippen molar-refractivity contribution in [2.45, 2.75) is 139 Å². The maximum atomic E-state index is 12.5. The van der Waals surface area contributed by atoms with E-state index in [0.29, 0.717) is 35.5 Å². The van der Waals surface area contributed by atoms with Gasteiger partial charge in [0, 0.05) is 0 Å². The molecule has 0 aromatic heterocycles. The van der Waals surface area contributed by atoms with Gasteiger partial charge >= 0.3 is 59.1 Å². The van der Waals surface area contributed by atoms with Gasteiger partial charge in [-0.1, -0.05) is 104 Å². The SMILES string of the molecule is CCCCCCCCCCc1cc(Oc2ccc(S(=O)(=O)[O-])cc2)cc(CCCCCCCCCC)c1S(=O)(=O)[O-].[Na+].[Na+]. The number of unbranched alkanes of at least 4 members (excludes halogenated alkanes) is 14. The van der Waals surface area contributed by atoms with E-state index in [1.807, 2.05) is 0 Å². The summed E-state index contributed by atoms with van der Waals surface area (Å²) in [5, 5.41) is 0. The zero-order chi connectivity index (χ0) is 30.1. The van der Waals surface area contributed by atoms with E-state index in [1.165, 1.54) is 75.6 Å². The van der Waals surface area contributed by atoms with E-state index in [4.69, 9.17) is 4.74 Å². The van der Waals surface area contributed by atoms with Crippen molar-refractivity contribution in [1.82, 2.24) is 0 Å². The number of aryl methyl sites for hydroxylation is 2. The van der Waals surface area contributed by atoms with Crippen LogP contribution in [0, 0.1) is 0 Å². The second kappa shape index (κ2) is 23.4. The Balaban J connectivity index is 0.00000882. The molecule has 0 saturated carbocycles. The average Bonchev–Trinajstić information content (AvgIpc) is 2.90. The van der Waals surface area contributed by atoms with E-state index in [-0.39, 0.29) is 68.9 Å². The molecule has 0 atom stereocenters. The molecule has 0 radical (unpaired) electrons. The molecule has 0 bridgehead atoms. The first kappa shape index (κ1) is 43.1. The fraction of sp³-hybridized carbons (Fsp3) is 0.625. The van der Waals surface area contributed by atoms with E-state index < -0.39 is 20.2 Å². The van der Waals surface area contributed by atoms with Crippen LogP contribution in [0.5, 0.6) is 11.5 Å². The van der Waals surface area contributed by atoms with Crippen LogP contribution in [0.15, 0.2) is 46.2 Å². The van der Waals surface area contributed by atoms with Crippen LogP contribution in [0.1, 0.15) is 128 Å². The first-order valence-electron chi connectivity index (χ1n) is 15.4. The third kappa shape index (κ3) is 17.5. The van der Waals surface area contributed by atoms with E-state index >= 15 is 0 Å². The number of hydrogen-bond donors (Lipinski definition) is 0. The molecule has 0 fully saturated rings. The predicted octanol–water partition coefficient (Wildman–Crippen LogP) is 2.66. The van der Waals surface area contributed by atoms with Gasteiger partial charge in [-0.25, -0.2) is 16.8 Å². The van der Waals surface area contributed by atoms with Gasteiger partial charge in [0.25, 0.3) is 0 Å². The van der Waals surface area contributed by atoms with E-state index in [9.17, 15) is 25.9 Å². The van der Waals surface area contributed by atoms with Crippen LogP contribution in [0.2, 0.25) is 0 Å². The summed E-state index contributed by atoms with van der Waals surface area (Å²) in [5.74, 6) is 0.699. The standard InChI is InChI=1S/C32H50O7S2.2Na/c1-3-5-7-9-11-13-15-17-19-27-25-30(39-29-21-23-31(24-22-29)40(33,34)35)26-28(32(27)41(36,37)38)20-18-16-14-12-10-8-6-4-2;;/h21-26H,3-20H2,1-2H3,(H,33,34,35)(H,36,37,38);;/q;2*+1/p-2. The third-order valence-electron chi connectivity index (χ3n) is 7.41. The topological polar surface area (TPSA) is 124 Å². The molecule has 0 heterocycles. The second-order valence-electron chi connectivity index (χ2n) is 11.0. The largest absolute Gasteiger partial charge is 1.00 e. The molecule has 2 rings (SSSR count). The molecule has 7 nitrogen and oxygen atoms in total. The fourth-order valence-electron chi connectivity index (χ4n) is 5.18. The number of rotatable bonds is 22. The zero-order valence-corrected chi connectivity index (χ0v) is 32.5. The van der Waals surface area contributed by atoms with Gasteiger partial charge in [0.05, 0.1) is 9.79 Å². The van der Waals surface area contributed by atoms with Gasteiger partial charge in [-0.05, 0) is 73.2 Å². The molecule has 11 heteroatoms. The van der Waals surface area contributed by atoms with Gasteiger partial charge in [-0.2, -0.15) is 0 Å². The monoisotopic (exact) mass is 654 g/mol. The maximum absolute atomic E-state index is 12.5. The Morgan fingerprint density at radius 3 is 1.26 bits per heavy atom. The number of benzene rings is 2. The number of hydrogen-bond acceptors (Lipinski definition) is 7. The summed E-state index contributed by atoms with van der Waals surface area (Å²) < 4.78 is 77.2. The molecular weight excluding hydrogens is 606 g/mol. The van der Waals surface area contributed by atoms with Crippen molar-refractivity contribution in [2.75, 3.05) is 0 Å². The summed E-state index contributed by atoms with van der Waals surface area (Å²) in [6.45, 7) is 4.38. The molecule has 0 amide bonds. The minimum atomic E-state index is -4.70. The summed E-state index contributed by atoms with van der Waals surface area (Å²) in [4.78, 5) is -0.480. The van der Waals surface area contributed by atoms with Gasteiger partial charge in [-0.15, -0.1) is 0 Å². The summed E-state index contributed by atoms with van der Waals surface area (Å²) in [5.41, 5.74) is 0.939. The Hall–Kier alpha value is 0.0600. The smallest absolute Gasteiger partial charge is 0.744 e. The van der Waals surface area contributed by atoms with Crippen molar-refractivity contribution in [3.05, 3.63) is 47.5 Å².